The van der Waals surface area contributed by atoms with E-state index in [1.54, 1.807) is 0 Å². The average Bonchev–Trinajstić information content (AvgIpc) is 3.05. The van der Waals surface area contributed by atoms with E-state index in [1.807, 2.05) is 30.3 Å². The van der Waals surface area contributed by atoms with Crippen LogP contribution < -0.4 is 0 Å². The second-order valence-electron chi connectivity index (χ2n) is 5.19. The van der Waals surface area contributed by atoms with Gasteiger partial charge in [-0.1, -0.05) is 41.7 Å². The highest BCUT2D eigenvalue weighted by Crippen LogP contribution is 2.27. The van der Waals surface area contributed by atoms with Crippen molar-refractivity contribution < 1.29 is 14.7 Å². The third-order valence-electron chi connectivity index (χ3n) is 3.79. The van der Waals surface area contributed by atoms with Gasteiger partial charge in [0.1, 0.15) is 5.01 Å². The van der Waals surface area contributed by atoms with Gasteiger partial charge in [-0.15, -0.1) is 10.2 Å². The van der Waals surface area contributed by atoms with E-state index in [2.05, 4.69) is 10.2 Å². The zero-order valence-corrected chi connectivity index (χ0v) is 12.6. The van der Waals surface area contributed by atoms with Gasteiger partial charge in [-0.05, 0) is 12.8 Å². The molecule has 1 amide bonds. The lowest BCUT2D eigenvalue weighted by Gasteiger charge is -2.28. The minimum atomic E-state index is -0.923. The molecule has 7 heteroatoms. The maximum absolute atomic E-state index is 12.5. The molecule has 0 unspecified atom stereocenters. The molecule has 0 radical (unpaired) electrons. The Morgan fingerprint density at radius 2 is 1.82 bits per heavy atom. The number of aromatic nitrogens is 2. The Balaban J connectivity index is 1.69. The lowest BCUT2D eigenvalue weighted by atomic mass is 9.93. The van der Waals surface area contributed by atoms with Gasteiger partial charge >= 0.3 is 6.09 Å². The van der Waals surface area contributed by atoms with Crippen molar-refractivity contribution in [2.24, 2.45) is 5.92 Å². The first-order valence-corrected chi connectivity index (χ1v) is 7.88. The van der Waals surface area contributed by atoms with Crippen LogP contribution in [0.15, 0.2) is 30.3 Å². The predicted octanol–water partition coefficient (Wildman–Crippen LogP) is 2.78. The SMILES string of the molecule is O=C(c1nnc(-c2ccccc2)s1)C1CCN(C(=O)O)CC1. The molecular weight excluding hydrogens is 302 g/mol. The number of rotatable bonds is 3. The number of carbonyl (C=O) groups is 2. The second-order valence-corrected chi connectivity index (χ2v) is 6.16. The van der Waals surface area contributed by atoms with Crippen molar-refractivity contribution in [1.82, 2.24) is 15.1 Å². The number of carbonyl (C=O) groups excluding carboxylic acids is 1. The monoisotopic (exact) mass is 317 g/mol. The van der Waals surface area contributed by atoms with E-state index >= 15 is 0 Å². The van der Waals surface area contributed by atoms with Crippen LogP contribution in [0.25, 0.3) is 10.6 Å². The molecule has 0 spiro atoms. The number of likely N-dealkylation sites (tertiary alicyclic amines) is 1. The Morgan fingerprint density at radius 3 is 2.45 bits per heavy atom. The Hall–Kier alpha value is -2.28. The summed E-state index contributed by atoms with van der Waals surface area (Å²) in [6, 6.07) is 9.62. The number of ketones is 1. The summed E-state index contributed by atoms with van der Waals surface area (Å²) in [4.78, 5) is 24.7. The molecule has 0 bridgehead atoms. The third kappa shape index (κ3) is 2.99. The van der Waals surface area contributed by atoms with Gasteiger partial charge in [0.2, 0.25) is 0 Å². The first-order valence-electron chi connectivity index (χ1n) is 7.06. The molecule has 22 heavy (non-hydrogen) atoms. The highest BCUT2D eigenvalue weighted by atomic mass is 32.1. The van der Waals surface area contributed by atoms with Gasteiger partial charge in [0.05, 0.1) is 0 Å². The van der Waals surface area contributed by atoms with Gasteiger partial charge in [-0.3, -0.25) is 4.79 Å². The van der Waals surface area contributed by atoms with Crippen molar-refractivity contribution in [1.29, 1.82) is 0 Å². The first kappa shape index (κ1) is 14.6. The van der Waals surface area contributed by atoms with Crippen LogP contribution in [0.3, 0.4) is 0 Å². The summed E-state index contributed by atoms with van der Waals surface area (Å²) in [5.74, 6) is -0.183. The first-order chi connectivity index (χ1) is 10.6. The van der Waals surface area contributed by atoms with Crippen molar-refractivity contribution in [3.05, 3.63) is 35.3 Å². The van der Waals surface area contributed by atoms with Crippen LogP contribution >= 0.6 is 11.3 Å². The number of nitrogens with zero attached hydrogens (tertiary/aromatic N) is 3. The number of benzene rings is 1. The fourth-order valence-corrected chi connectivity index (χ4v) is 3.40. The molecule has 2 aromatic rings. The minimum Gasteiger partial charge on any atom is -0.465 e. The van der Waals surface area contributed by atoms with Crippen LogP contribution in [0.4, 0.5) is 4.79 Å². The largest absolute Gasteiger partial charge is 0.465 e. The molecule has 0 saturated carbocycles. The predicted molar refractivity (Wildman–Crippen MR) is 82.0 cm³/mol. The molecule has 1 saturated heterocycles. The number of piperidine rings is 1. The Morgan fingerprint density at radius 1 is 1.14 bits per heavy atom. The van der Waals surface area contributed by atoms with Crippen LogP contribution in [-0.2, 0) is 0 Å². The molecule has 2 heterocycles. The van der Waals surface area contributed by atoms with Crippen LogP contribution in [0.5, 0.6) is 0 Å². The molecular formula is C15H15N3O3S. The topological polar surface area (TPSA) is 83.4 Å². The molecule has 1 aromatic carbocycles. The zero-order valence-electron chi connectivity index (χ0n) is 11.8. The molecule has 3 rings (SSSR count). The maximum Gasteiger partial charge on any atom is 0.407 e. The van der Waals surface area contributed by atoms with E-state index in [9.17, 15) is 9.59 Å². The lowest BCUT2D eigenvalue weighted by molar-refractivity contribution is 0.0820. The highest BCUT2D eigenvalue weighted by Gasteiger charge is 2.29. The number of hydrogen-bond acceptors (Lipinski definition) is 5. The summed E-state index contributed by atoms with van der Waals surface area (Å²) in [5, 5.41) is 18.2. The molecule has 1 aromatic heterocycles. The van der Waals surface area contributed by atoms with Gasteiger partial charge in [0, 0.05) is 24.6 Å². The maximum atomic E-state index is 12.5. The summed E-state index contributed by atoms with van der Waals surface area (Å²) >= 11 is 1.29. The summed E-state index contributed by atoms with van der Waals surface area (Å²) in [6.45, 7) is 0.798. The molecule has 1 N–H and O–H groups in total. The van der Waals surface area contributed by atoms with E-state index in [0.29, 0.717) is 30.9 Å². The van der Waals surface area contributed by atoms with Crippen LogP contribution in [0.2, 0.25) is 0 Å². The van der Waals surface area contributed by atoms with E-state index < -0.39 is 6.09 Å². The second kappa shape index (κ2) is 6.23. The van der Waals surface area contributed by atoms with Crippen molar-refractivity contribution in [2.45, 2.75) is 12.8 Å². The van der Waals surface area contributed by atoms with Gasteiger partial charge in [0.15, 0.2) is 10.8 Å². The van der Waals surface area contributed by atoms with Gasteiger partial charge in [0.25, 0.3) is 0 Å². The van der Waals surface area contributed by atoms with E-state index in [-0.39, 0.29) is 11.7 Å². The lowest BCUT2D eigenvalue weighted by Crippen LogP contribution is -2.39. The summed E-state index contributed by atoms with van der Waals surface area (Å²) in [6.07, 6.45) is 0.171. The van der Waals surface area contributed by atoms with E-state index in [0.717, 1.165) is 10.6 Å². The quantitative estimate of drug-likeness (QED) is 0.880. The van der Waals surface area contributed by atoms with Crippen LogP contribution in [0, 0.1) is 5.92 Å². The number of Topliss-reactive ketones (excluding diaryl/α,β-unsaturated/α-hetero) is 1. The Bertz CT molecular complexity index is 678. The highest BCUT2D eigenvalue weighted by molar-refractivity contribution is 7.16. The summed E-state index contributed by atoms with van der Waals surface area (Å²) in [5.41, 5.74) is 0.944. The molecule has 0 aliphatic carbocycles. The number of amides is 1. The average molecular weight is 317 g/mol. The molecule has 6 nitrogen and oxygen atoms in total. The zero-order chi connectivity index (χ0) is 15.5. The molecule has 0 atom stereocenters. The number of hydrogen-bond donors (Lipinski definition) is 1. The van der Waals surface area contributed by atoms with Crippen LogP contribution in [0.1, 0.15) is 22.6 Å². The summed E-state index contributed by atoms with van der Waals surface area (Å²) in [7, 11) is 0. The molecule has 114 valence electrons. The Kier molecular flexibility index (Phi) is 4.15. The van der Waals surface area contributed by atoms with Crippen molar-refractivity contribution in [2.75, 3.05) is 13.1 Å². The fourth-order valence-electron chi connectivity index (χ4n) is 2.53. The van der Waals surface area contributed by atoms with E-state index in [4.69, 9.17) is 5.11 Å². The molecule has 1 fully saturated rings. The van der Waals surface area contributed by atoms with Crippen molar-refractivity contribution >= 4 is 23.2 Å². The van der Waals surface area contributed by atoms with Gasteiger partial charge in [-0.25, -0.2) is 4.79 Å². The standard InChI is InChI=1S/C15H15N3O3S/c19-12(10-6-8-18(9-7-10)15(20)21)14-17-16-13(22-14)11-4-2-1-3-5-11/h1-5,10H,6-9H2,(H,20,21). The fraction of sp³-hybridized carbons (Fsp3) is 0.333. The molecule has 1 aliphatic heterocycles. The van der Waals surface area contributed by atoms with Crippen molar-refractivity contribution in [3.63, 3.8) is 0 Å². The third-order valence-corrected chi connectivity index (χ3v) is 4.78. The Labute approximate surface area is 131 Å². The van der Waals surface area contributed by atoms with Crippen LogP contribution in [-0.4, -0.2) is 45.2 Å². The molecule has 1 aliphatic rings. The normalized spacial score (nSPS) is 15.7. The van der Waals surface area contributed by atoms with Crippen molar-refractivity contribution in [3.8, 4) is 10.6 Å². The smallest absolute Gasteiger partial charge is 0.407 e. The van der Waals surface area contributed by atoms with E-state index in [1.165, 1.54) is 16.2 Å². The summed E-state index contributed by atoms with van der Waals surface area (Å²) < 4.78 is 0. The number of carboxylic acid groups (broad SMARTS) is 1. The minimum absolute atomic E-state index is 0.0234. The van der Waals surface area contributed by atoms with Gasteiger partial charge < -0.3 is 10.0 Å². The van der Waals surface area contributed by atoms with Gasteiger partial charge in [-0.2, -0.15) is 0 Å².